The van der Waals surface area contributed by atoms with Crippen molar-refractivity contribution in [2.24, 2.45) is 0 Å². The van der Waals surface area contributed by atoms with Crippen molar-refractivity contribution in [3.05, 3.63) is 36.3 Å². The van der Waals surface area contributed by atoms with Gasteiger partial charge in [-0.1, -0.05) is 0 Å². The maximum Gasteiger partial charge on any atom is 0.354 e. The molecule has 7 nitrogen and oxygen atoms in total. The van der Waals surface area contributed by atoms with Gasteiger partial charge >= 0.3 is 5.97 Å². The summed E-state index contributed by atoms with van der Waals surface area (Å²) < 4.78 is 10.9. The first-order valence-electron chi connectivity index (χ1n) is 5.94. The van der Waals surface area contributed by atoms with Gasteiger partial charge in [0, 0.05) is 17.8 Å². The number of fused-ring (bicyclic) bond motifs is 1. The van der Waals surface area contributed by atoms with Gasteiger partial charge in [-0.05, 0) is 12.1 Å². The van der Waals surface area contributed by atoms with Gasteiger partial charge in [0.25, 0.3) is 0 Å². The number of hydrogen-bond donors (Lipinski definition) is 2. The Bertz CT molecular complexity index is 660. The second-order valence-corrected chi connectivity index (χ2v) is 4.08. The number of rotatable bonds is 3. The van der Waals surface area contributed by atoms with E-state index in [0.29, 0.717) is 30.5 Å². The third-order valence-corrected chi connectivity index (χ3v) is 2.70. The summed E-state index contributed by atoms with van der Waals surface area (Å²) in [5.74, 6) is 0.635. The molecule has 7 heteroatoms. The Hall–Kier alpha value is -2.83. The van der Waals surface area contributed by atoms with Gasteiger partial charge in [0.05, 0.1) is 0 Å². The fourth-order valence-electron chi connectivity index (χ4n) is 1.81. The van der Waals surface area contributed by atoms with Gasteiger partial charge in [-0.25, -0.2) is 14.8 Å². The number of aromatic carboxylic acids is 1. The first kappa shape index (κ1) is 12.2. The molecule has 2 N–H and O–H groups in total. The van der Waals surface area contributed by atoms with Crippen LogP contribution < -0.4 is 14.8 Å². The first-order chi connectivity index (χ1) is 9.72. The number of carbonyl (C=O) groups is 1. The Morgan fingerprint density at radius 1 is 1.15 bits per heavy atom. The smallest absolute Gasteiger partial charge is 0.354 e. The lowest BCUT2D eigenvalue weighted by Crippen LogP contribution is -2.15. The molecule has 0 radical (unpaired) electrons. The molecule has 20 heavy (non-hydrogen) atoms. The van der Waals surface area contributed by atoms with Crippen LogP contribution in [0.2, 0.25) is 0 Å². The zero-order chi connectivity index (χ0) is 13.9. The number of benzene rings is 1. The summed E-state index contributed by atoms with van der Waals surface area (Å²) in [6, 6.07) is 6.72. The lowest BCUT2D eigenvalue weighted by molar-refractivity contribution is 0.0690. The Morgan fingerprint density at radius 2 is 1.95 bits per heavy atom. The molecule has 102 valence electrons. The van der Waals surface area contributed by atoms with E-state index in [1.165, 1.54) is 12.4 Å². The van der Waals surface area contributed by atoms with Gasteiger partial charge in [0.2, 0.25) is 0 Å². The predicted octanol–water partition coefficient (Wildman–Crippen LogP) is 1.69. The van der Waals surface area contributed by atoms with Crippen LogP contribution >= 0.6 is 0 Å². The van der Waals surface area contributed by atoms with Crippen molar-refractivity contribution in [1.29, 1.82) is 0 Å². The largest absolute Gasteiger partial charge is 0.486 e. The lowest BCUT2D eigenvalue weighted by atomic mass is 10.2. The van der Waals surface area contributed by atoms with E-state index in [0.717, 1.165) is 5.69 Å². The van der Waals surface area contributed by atoms with Gasteiger partial charge in [-0.3, -0.25) is 0 Å². The van der Waals surface area contributed by atoms with E-state index < -0.39 is 5.97 Å². The van der Waals surface area contributed by atoms with Crippen LogP contribution in [-0.2, 0) is 0 Å². The van der Waals surface area contributed by atoms with Gasteiger partial charge in [0.15, 0.2) is 17.2 Å². The third-order valence-electron chi connectivity index (χ3n) is 2.70. The highest BCUT2D eigenvalue weighted by molar-refractivity contribution is 5.86. The van der Waals surface area contributed by atoms with Crippen molar-refractivity contribution in [1.82, 2.24) is 9.97 Å². The van der Waals surface area contributed by atoms with Crippen molar-refractivity contribution in [3.8, 4) is 11.5 Å². The predicted molar refractivity (Wildman–Crippen MR) is 69.7 cm³/mol. The quantitative estimate of drug-likeness (QED) is 0.878. The van der Waals surface area contributed by atoms with Crippen LogP contribution in [0.25, 0.3) is 0 Å². The molecule has 3 rings (SSSR count). The van der Waals surface area contributed by atoms with Crippen LogP contribution in [0.3, 0.4) is 0 Å². The average Bonchev–Trinajstić information content (AvgIpc) is 2.47. The molecular formula is C13H11N3O4. The molecule has 0 atom stereocenters. The summed E-state index contributed by atoms with van der Waals surface area (Å²) in [5, 5.41) is 11.9. The van der Waals surface area contributed by atoms with E-state index in [2.05, 4.69) is 15.3 Å². The Morgan fingerprint density at radius 3 is 2.75 bits per heavy atom. The summed E-state index contributed by atoms with van der Waals surface area (Å²) in [6.07, 6.45) is 1.20. The first-order valence-corrected chi connectivity index (χ1v) is 5.94. The van der Waals surface area contributed by atoms with E-state index in [9.17, 15) is 4.79 Å². The van der Waals surface area contributed by atoms with Gasteiger partial charge in [0.1, 0.15) is 25.4 Å². The molecule has 0 amide bonds. The molecule has 0 bridgehead atoms. The minimum Gasteiger partial charge on any atom is -0.486 e. The monoisotopic (exact) mass is 273 g/mol. The summed E-state index contributed by atoms with van der Waals surface area (Å²) in [7, 11) is 0. The molecule has 2 heterocycles. The standard InChI is InChI=1S/C13H11N3O4/c17-13(18)9-6-12(15-7-14-9)16-8-1-2-10-11(5-8)20-4-3-19-10/h1-2,5-7H,3-4H2,(H,17,18)(H,14,15,16). The number of nitrogens with zero attached hydrogens (tertiary/aromatic N) is 2. The topological polar surface area (TPSA) is 93.6 Å². The van der Waals surface area contributed by atoms with Crippen LogP contribution in [0.4, 0.5) is 11.5 Å². The van der Waals surface area contributed by atoms with Crippen molar-refractivity contribution in [2.45, 2.75) is 0 Å². The number of nitrogens with one attached hydrogen (secondary N) is 1. The van der Waals surface area contributed by atoms with Gasteiger partial charge in [-0.15, -0.1) is 0 Å². The number of aromatic nitrogens is 2. The van der Waals surface area contributed by atoms with Crippen LogP contribution in [0.5, 0.6) is 11.5 Å². The second-order valence-electron chi connectivity index (χ2n) is 4.08. The maximum absolute atomic E-state index is 10.8. The van der Waals surface area contributed by atoms with E-state index in [-0.39, 0.29) is 5.69 Å². The molecule has 1 aliphatic rings. The zero-order valence-electron chi connectivity index (χ0n) is 10.4. The van der Waals surface area contributed by atoms with Crippen molar-refractivity contribution in [3.63, 3.8) is 0 Å². The molecule has 1 aromatic carbocycles. The molecule has 1 aromatic heterocycles. The van der Waals surface area contributed by atoms with Crippen LogP contribution in [0.15, 0.2) is 30.6 Å². The SMILES string of the molecule is O=C(O)c1cc(Nc2ccc3c(c2)OCCO3)ncn1. The highest BCUT2D eigenvalue weighted by Gasteiger charge is 2.12. The summed E-state index contributed by atoms with van der Waals surface area (Å²) >= 11 is 0. The molecule has 0 unspecified atom stereocenters. The van der Waals surface area contributed by atoms with Gasteiger partial charge in [-0.2, -0.15) is 0 Å². The Labute approximate surface area is 114 Å². The van der Waals surface area contributed by atoms with Gasteiger partial charge < -0.3 is 19.9 Å². The number of hydrogen-bond acceptors (Lipinski definition) is 6. The number of ether oxygens (including phenoxy) is 2. The summed E-state index contributed by atoms with van der Waals surface area (Å²) in [5.41, 5.74) is 0.657. The minimum atomic E-state index is -1.10. The lowest BCUT2D eigenvalue weighted by Gasteiger charge is -2.19. The van der Waals surface area contributed by atoms with Crippen LogP contribution in [0.1, 0.15) is 10.5 Å². The zero-order valence-corrected chi connectivity index (χ0v) is 10.4. The molecular weight excluding hydrogens is 262 g/mol. The fraction of sp³-hybridized carbons (Fsp3) is 0.154. The molecule has 1 aliphatic heterocycles. The van der Waals surface area contributed by atoms with E-state index in [1.807, 2.05) is 0 Å². The van der Waals surface area contributed by atoms with E-state index in [1.54, 1.807) is 18.2 Å². The summed E-state index contributed by atoms with van der Waals surface area (Å²) in [6.45, 7) is 1.04. The fourth-order valence-corrected chi connectivity index (χ4v) is 1.81. The maximum atomic E-state index is 10.8. The van der Waals surface area contributed by atoms with E-state index in [4.69, 9.17) is 14.6 Å². The highest BCUT2D eigenvalue weighted by atomic mass is 16.6. The Kier molecular flexibility index (Phi) is 3.08. The minimum absolute atomic E-state index is 0.0694. The average molecular weight is 273 g/mol. The molecule has 0 aliphatic carbocycles. The second kappa shape index (κ2) is 5.04. The van der Waals surface area contributed by atoms with Crippen LogP contribution in [-0.4, -0.2) is 34.3 Å². The molecule has 0 saturated carbocycles. The highest BCUT2D eigenvalue weighted by Crippen LogP contribution is 2.33. The van der Waals surface area contributed by atoms with Crippen molar-refractivity contribution in [2.75, 3.05) is 18.5 Å². The molecule has 0 spiro atoms. The van der Waals surface area contributed by atoms with Crippen molar-refractivity contribution < 1.29 is 19.4 Å². The number of carboxylic acid groups (broad SMARTS) is 1. The van der Waals surface area contributed by atoms with Crippen molar-refractivity contribution >= 4 is 17.5 Å². The number of anilines is 2. The van der Waals surface area contributed by atoms with Crippen LogP contribution in [0, 0.1) is 0 Å². The van der Waals surface area contributed by atoms with E-state index >= 15 is 0 Å². The third kappa shape index (κ3) is 2.46. The number of carboxylic acids is 1. The molecule has 0 saturated heterocycles. The summed E-state index contributed by atoms with van der Waals surface area (Å²) in [4.78, 5) is 18.5. The normalized spacial score (nSPS) is 12.8. The Balaban J connectivity index is 1.84. The molecule has 2 aromatic rings. The molecule has 0 fully saturated rings.